The van der Waals surface area contributed by atoms with E-state index in [0.717, 1.165) is 6.07 Å². The zero-order valence-corrected chi connectivity index (χ0v) is 19.8. The number of morpholine rings is 1. The number of sulfonamides is 1. The van der Waals surface area contributed by atoms with Crippen LogP contribution in [0.4, 0.5) is 8.78 Å². The molecule has 1 aliphatic rings. The second-order valence-electron chi connectivity index (χ2n) is 7.63. The fraction of sp³-hybridized carbons (Fsp3) is 0.364. The maximum atomic E-state index is 13.1. The minimum atomic E-state index is -4.02. The molecule has 0 radical (unpaired) electrons. The quantitative estimate of drug-likeness (QED) is 0.388. The normalized spacial score (nSPS) is 19.1. The molecule has 8 nitrogen and oxygen atoms in total. The van der Waals surface area contributed by atoms with Gasteiger partial charge in [0.1, 0.15) is 10.6 Å². The van der Waals surface area contributed by atoms with Crippen molar-refractivity contribution >= 4 is 33.4 Å². The van der Waals surface area contributed by atoms with E-state index in [1.807, 2.05) is 0 Å². The first-order chi connectivity index (χ1) is 16.0. The Hall–Kier alpha value is -2.60. The lowest BCUT2D eigenvalue weighted by Gasteiger charge is -2.34. The fourth-order valence-corrected chi connectivity index (χ4v) is 5.51. The van der Waals surface area contributed by atoms with Gasteiger partial charge in [0.05, 0.1) is 22.8 Å². The average Bonchev–Trinajstić information content (AvgIpc) is 2.77. The van der Waals surface area contributed by atoms with Crippen molar-refractivity contribution in [3.8, 4) is 5.75 Å². The van der Waals surface area contributed by atoms with E-state index in [1.54, 1.807) is 13.8 Å². The van der Waals surface area contributed by atoms with Crippen LogP contribution in [-0.2, 0) is 19.5 Å². The number of ketones is 1. The van der Waals surface area contributed by atoms with Crippen molar-refractivity contribution in [1.29, 1.82) is 0 Å². The predicted molar refractivity (Wildman–Crippen MR) is 118 cm³/mol. The molecular formula is C22H22ClF2NO7S. The highest BCUT2D eigenvalue weighted by atomic mass is 35.5. The molecule has 2 aromatic carbocycles. The topological polar surface area (TPSA) is 99.2 Å². The summed E-state index contributed by atoms with van der Waals surface area (Å²) in [5.74, 6) is -1.64. The van der Waals surface area contributed by atoms with Gasteiger partial charge < -0.3 is 14.2 Å². The molecular weight excluding hydrogens is 496 g/mol. The number of hydrogen-bond donors (Lipinski definition) is 0. The second-order valence-corrected chi connectivity index (χ2v) is 9.94. The average molecular weight is 518 g/mol. The van der Waals surface area contributed by atoms with E-state index in [-0.39, 0.29) is 52.1 Å². The third kappa shape index (κ3) is 6.29. The van der Waals surface area contributed by atoms with Crippen LogP contribution in [0.5, 0.6) is 5.75 Å². The van der Waals surface area contributed by atoms with E-state index < -0.39 is 35.0 Å². The van der Waals surface area contributed by atoms with Crippen molar-refractivity contribution in [3.63, 3.8) is 0 Å². The van der Waals surface area contributed by atoms with Crippen LogP contribution >= 0.6 is 11.6 Å². The van der Waals surface area contributed by atoms with Gasteiger partial charge in [-0.15, -0.1) is 0 Å². The largest absolute Gasteiger partial charge is 0.454 e. The minimum Gasteiger partial charge on any atom is -0.454 e. The predicted octanol–water partition coefficient (Wildman–Crippen LogP) is 3.78. The summed E-state index contributed by atoms with van der Waals surface area (Å²) >= 11 is 6.13. The Kier molecular flexibility index (Phi) is 8.24. The van der Waals surface area contributed by atoms with E-state index in [1.165, 1.54) is 40.7 Å². The molecule has 0 aliphatic carbocycles. The molecule has 2 atom stereocenters. The maximum Gasteiger partial charge on any atom is 0.387 e. The molecule has 0 saturated carbocycles. The standard InChI is InChI=1S/C22H22ClF2NO7S/c1-13-10-26(11-14(2)32-13)34(29,30)20-9-16(5-8-18(20)23)21(28)31-12-19(27)15-3-6-17(7-4-15)33-22(24)25/h3-9,13-14,22H,10-12H2,1-2H3/t13-,14+. The molecule has 0 unspecified atom stereocenters. The van der Waals surface area contributed by atoms with Crippen molar-refractivity contribution in [1.82, 2.24) is 4.31 Å². The van der Waals surface area contributed by atoms with Gasteiger partial charge in [-0.3, -0.25) is 4.79 Å². The van der Waals surface area contributed by atoms with Gasteiger partial charge in [-0.1, -0.05) is 11.6 Å². The van der Waals surface area contributed by atoms with Crippen LogP contribution in [0.15, 0.2) is 47.4 Å². The van der Waals surface area contributed by atoms with Gasteiger partial charge in [-0.05, 0) is 56.3 Å². The number of benzene rings is 2. The van der Waals surface area contributed by atoms with Crippen LogP contribution in [-0.4, -0.2) is 63.0 Å². The Balaban J connectivity index is 1.70. The second kappa shape index (κ2) is 10.8. The highest BCUT2D eigenvalue weighted by molar-refractivity contribution is 7.89. The van der Waals surface area contributed by atoms with Gasteiger partial charge in [0.2, 0.25) is 10.0 Å². The summed E-state index contributed by atoms with van der Waals surface area (Å²) in [7, 11) is -4.02. The van der Waals surface area contributed by atoms with Crippen molar-refractivity contribution in [3.05, 3.63) is 58.6 Å². The van der Waals surface area contributed by atoms with Crippen LogP contribution in [0.25, 0.3) is 0 Å². The minimum absolute atomic E-state index is 0.0643. The van der Waals surface area contributed by atoms with Crippen LogP contribution in [0, 0.1) is 0 Å². The van der Waals surface area contributed by atoms with Gasteiger partial charge >= 0.3 is 12.6 Å². The lowest BCUT2D eigenvalue weighted by molar-refractivity contribution is -0.0498. The van der Waals surface area contributed by atoms with Crippen LogP contribution in [0.3, 0.4) is 0 Å². The van der Waals surface area contributed by atoms with Crippen LogP contribution < -0.4 is 4.74 Å². The van der Waals surface area contributed by atoms with E-state index in [0.29, 0.717) is 0 Å². The van der Waals surface area contributed by atoms with Crippen molar-refractivity contribution in [2.75, 3.05) is 19.7 Å². The molecule has 1 fully saturated rings. The summed E-state index contributed by atoms with van der Waals surface area (Å²) < 4.78 is 66.8. The van der Waals surface area contributed by atoms with Gasteiger partial charge in [0.15, 0.2) is 12.4 Å². The highest BCUT2D eigenvalue weighted by Crippen LogP contribution is 2.28. The molecule has 2 aromatic rings. The molecule has 0 bridgehead atoms. The maximum absolute atomic E-state index is 13.1. The highest BCUT2D eigenvalue weighted by Gasteiger charge is 2.34. The molecule has 3 rings (SSSR count). The van der Waals surface area contributed by atoms with Crippen molar-refractivity contribution < 1.29 is 41.0 Å². The van der Waals surface area contributed by atoms with Gasteiger partial charge in [0.25, 0.3) is 0 Å². The van der Waals surface area contributed by atoms with Crippen LogP contribution in [0.1, 0.15) is 34.6 Å². The number of nitrogens with zero attached hydrogens (tertiary/aromatic N) is 1. The lowest BCUT2D eigenvalue weighted by atomic mass is 10.1. The zero-order valence-electron chi connectivity index (χ0n) is 18.2. The number of carbonyl (C=O) groups is 2. The third-order valence-electron chi connectivity index (χ3n) is 4.91. The molecule has 0 amide bonds. The Morgan fingerprint density at radius 1 is 1.09 bits per heavy atom. The summed E-state index contributed by atoms with van der Waals surface area (Å²) in [5, 5.41) is -0.0643. The van der Waals surface area contributed by atoms with Gasteiger partial charge in [-0.25, -0.2) is 13.2 Å². The molecule has 34 heavy (non-hydrogen) atoms. The summed E-state index contributed by atoms with van der Waals surface area (Å²) in [6, 6.07) is 8.54. The van der Waals surface area contributed by atoms with Crippen molar-refractivity contribution in [2.24, 2.45) is 0 Å². The number of esters is 1. The number of carbonyl (C=O) groups excluding carboxylic acids is 2. The Labute approximate surface area is 200 Å². The molecule has 0 N–H and O–H groups in total. The van der Waals surface area contributed by atoms with Gasteiger partial charge in [-0.2, -0.15) is 13.1 Å². The van der Waals surface area contributed by atoms with E-state index in [2.05, 4.69) is 4.74 Å². The molecule has 1 aliphatic heterocycles. The summed E-state index contributed by atoms with van der Waals surface area (Å²) in [6.07, 6.45) is -0.625. The number of hydrogen-bond acceptors (Lipinski definition) is 7. The molecule has 0 spiro atoms. The van der Waals surface area contributed by atoms with E-state index in [4.69, 9.17) is 21.1 Å². The number of halogens is 3. The van der Waals surface area contributed by atoms with E-state index >= 15 is 0 Å². The molecule has 0 aromatic heterocycles. The summed E-state index contributed by atoms with van der Waals surface area (Å²) in [4.78, 5) is 24.5. The number of Topliss-reactive ketones (excluding diaryl/α,β-unsaturated/α-hetero) is 1. The molecule has 1 heterocycles. The molecule has 1 saturated heterocycles. The SMILES string of the molecule is C[C@@H]1CN(S(=O)(=O)c2cc(C(=O)OCC(=O)c3ccc(OC(F)F)cc3)ccc2Cl)C[C@H](C)O1. The van der Waals surface area contributed by atoms with Crippen molar-refractivity contribution in [2.45, 2.75) is 37.6 Å². The first-order valence-corrected chi connectivity index (χ1v) is 12.0. The summed E-state index contributed by atoms with van der Waals surface area (Å²) in [5.41, 5.74) is 0.00941. The number of alkyl halides is 2. The zero-order chi connectivity index (χ0) is 25.0. The molecule has 184 valence electrons. The first-order valence-electron chi connectivity index (χ1n) is 10.2. The Morgan fingerprint density at radius 2 is 1.68 bits per heavy atom. The fourth-order valence-electron chi connectivity index (χ4n) is 3.41. The first kappa shape index (κ1) is 26.0. The smallest absolute Gasteiger partial charge is 0.387 e. The van der Waals surface area contributed by atoms with Crippen LogP contribution in [0.2, 0.25) is 5.02 Å². The Bertz CT molecular complexity index is 1150. The number of ether oxygens (including phenoxy) is 3. The molecule has 12 heteroatoms. The summed E-state index contributed by atoms with van der Waals surface area (Å²) in [6.45, 7) is 0.136. The number of rotatable bonds is 8. The lowest BCUT2D eigenvalue weighted by Crippen LogP contribution is -2.48. The Morgan fingerprint density at radius 3 is 2.26 bits per heavy atom. The monoisotopic (exact) mass is 517 g/mol. The van der Waals surface area contributed by atoms with E-state index in [9.17, 15) is 26.8 Å². The third-order valence-corrected chi connectivity index (χ3v) is 7.22. The van der Waals surface area contributed by atoms with Gasteiger partial charge in [0, 0.05) is 18.7 Å².